The summed E-state index contributed by atoms with van der Waals surface area (Å²) in [6, 6.07) is 3.03. The van der Waals surface area contributed by atoms with Crippen LogP contribution in [0.3, 0.4) is 0 Å². The third kappa shape index (κ3) is 2.47. The van der Waals surface area contributed by atoms with Crippen LogP contribution >= 0.6 is 0 Å². The van der Waals surface area contributed by atoms with Crippen molar-refractivity contribution in [3.05, 3.63) is 35.7 Å². The first kappa shape index (κ1) is 11.7. The van der Waals surface area contributed by atoms with Gasteiger partial charge in [0.2, 0.25) is 11.7 Å². The van der Waals surface area contributed by atoms with Gasteiger partial charge in [-0.3, -0.25) is 0 Å². The van der Waals surface area contributed by atoms with Crippen LogP contribution in [0.15, 0.2) is 22.7 Å². The van der Waals surface area contributed by atoms with Crippen molar-refractivity contribution < 1.29 is 13.3 Å². The molecular weight excluding hydrogens is 228 g/mol. The number of rotatable bonds is 2. The Morgan fingerprint density at radius 2 is 1.76 bits per heavy atom. The fraction of sp³-hybridized carbons (Fsp3) is 0.273. The Labute approximate surface area is 96.4 Å². The molecule has 1 heterocycles. The molecular formula is C11H11F2N3O. The number of halogens is 2. The molecule has 0 aliphatic heterocycles. The summed E-state index contributed by atoms with van der Waals surface area (Å²) in [7, 11) is 0. The maximum atomic E-state index is 13.0. The van der Waals surface area contributed by atoms with Gasteiger partial charge in [0.15, 0.2) is 0 Å². The van der Waals surface area contributed by atoms with E-state index in [-0.39, 0.29) is 17.3 Å². The molecule has 0 radical (unpaired) electrons. The van der Waals surface area contributed by atoms with Gasteiger partial charge in [-0.05, 0) is 26.0 Å². The molecule has 1 aromatic heterocycles. The van der Waals surface area contributed by atoms with Gasteiger partial charge < -0.3 is 10.3 Å². The Morgan fingerprint density at radius 1 is 1.18 bits per heavy atom. The van der Waals surface area contributed by atoms with Gasteiger partial charge in [-0.15, -0.1) is 0 Å². The first-order valence-electron chi connectivity index (χ1n) is 4.96. The lowest BCUT2D eigenvalue weighted by Gasteiger charge is -2.10. The molecule has 2 N–H and O–H groups in total. The van der Waals surface area contributed by atoms with Crippen molar-refractivity contribution in [3.8, 4) is 11.4 Å². The molecule has 1 aromatic carbocycles. The molecule has 6 heteroatoms. The second kappa shape index (κ2) is 3.89. The van der Waals surface area contributed by atoms with Gasteiger partial charge in [-0.25, -0.2) is 8.78 Å². The van der Waals surface area contributed by atoms with Crippen LogP contribution in [-0.2, 0) is 5.54 Å². The summed E-state index contributed by atoms with van der Waals surface area (Å²) < 4.78 is 30.9. The van der Waals surface area contributed by atoms with Gasteiger partial charge in [-0.2, -0.15) is 4.98 Å². The first-order chi connectivity index (χ1) is 7.86. The number of hydrogen-bond donors (Lipinski definition) is 1. The van der Waals surface area contributed by atoms with Crippen LogP contribution in [0.5, 0.6) is 0 Å². The monoisotopic (exact) mass is 239 g/mol. The van der Waals surface area contributed by atoms with Crippen molar-refractivity contribution in [2.75, 3.05) is 0 Å². The molecule has 0 aliphatic carbocycles. The highest BCUT2D eigenvalue weighted by molar-refractivity contribution is 5.54. The predicted octanol–water partition coefficient (Wildman–Crippen LogP) is 2.21. The highest BCUT2D eigenvalue weighted by Crippen LogP contribution is 2.22. The van der Waals surface area contributed by atoms with Crippen molar-refractivity contribution in [1.29, 1.82) is 0 Å². The average molecular weight is 239 g/mol. The molecule has 4 nitrogen and oxygen atoms in total. The summed E-state index contributed by atoms with van der Waals surface area (Å²) in [5.74, 6) is -1.08. The van der Waals surface area contributed by atoms with E-state index in [9.17, 15) is 8.78 Å². The summed E-state index contributed by atoms with van der Waals surface area (Å²) in [4.78, 5) is 4.00. The van der Waals surface area contributed by atoms with Crippen LogP contribution in [0.25, 0.3) is 11.4 Å². The summed E-state index contributed by atoms with van der Waals surface area (Å²) in [5, 5.41) is 3.64. The van der Waals surface area contributed by atoms with Crippen LogP contribution in [0, 0.1) is 11.6 Å². The predicted molar refractivity (Wildman–Crippen MR) is 56.9 cm³/mol. The maximum absolute atomic E-state index is 13.0. The molecule has 17 heavy (non-hydrogen) atoms. The number of nitrogens with two attached hydrogens (primary N) is 1. The topological polar surface area (TPSA) is 64.9 Å². The molecule has 0 bridgehead atoms. The Balaban J connectivity index is 2.44. The normalized spacial score (nSPS) is 11.8. The summed E-state index contributed by atoms with van der Waals surface area (Å²) in [6.45, 7) is 3.38. The van der Waals surface area contributed by atoms with Crippen molar-refractivity contribution >= 4 is 0 Å². The second-order valence-electron chi connectivity index (χ2n) is 4.30. The Bertz CT molecular complexity index is 526. The van der Waals surface area contributed by atoms with E-state index in [4.69, 9.17) is 10.3 Å². The number of benzene rings is 1. The SMILES string of the molecule is CC(C)(N)c1nc(-c2cc(F)cc(F)c2)no1. The van der Waals surface area contributed by atoms with Crippen LogP contribution in [-0.4, -0.2) is 10.1 Å². The molecule has 0 saturated carbocycles. The van der Waals surface area contributed by atoms with E-state index in [1.165, 1.54) is 0 Å². The quantitative estimate of drug-likeness (QED) is 0.872. The Hall–Kier alpha value is -1.82. The van der Waals surface area contributed by atoms with Crippen molar-refractivity contribution in [2.24, 2.45) is 5.73 Å². The molecule has 0 saturated heterocycles. The minimum Gasteiger partial charge on any atom is -0.337 e. The first-order valence-corrected chi connectivity index (χ1v) is 4.96. The molecule has 0 fully saturated rings. The van der Waals surface area contributed by atoms with Gasteiger partial charge in [-0.1, -0.05) is 5.16 Å². The van der Waals surface area contributed by atoms with Crippen molar-refractivity contribution in [1.82, 2.24) is 10.1 Å². The zero-order chi connectivity index (χ0) is 12.6. The van der Waals surface area contributed by atoms with E-state index in [1.807, 2.05) is 0 Å². The molecule has 2 aromatic rings. The average Bonchev–Trinajstić information content (AvgIpc) is 2.63. The van der Waals surface area contributed by atoms with Gasteiger partial charge in [0.05, 0.1) is 5.54 Å². The molecule has 0 spiro atoms. The van der Waals surface area contributed by atoms with Crippen molar-refractivity contribution in [3.63, 3.8) is 0 Å². The van der Waals surface area contributed by atoms with E-state index < -0.39 is 17.2 Å². The molecule has 2 rings (SSSR count). The lowest BCUT2D eigenvalue weighted by molar-refractivity contribution is 0.312. The lowest BCUT2D eigenvalue weighted by Crippen LogP contribution is -2.28. The smallest absolute Gasteiger partial charge is 0.246 e. The van der Waals surface area contributed by atoms with E-state index in [0.717, 1.165) is 18.2 Å². The number of hydrogen-bond acceptors (Lipinski definition) is 4. The highest BCUT2D eigenvalue weighted by Gasteiger charge is 2.23. The Morgan fingerprint density at radius 3 is 2.24 bits per heavy atom. The minimum absolute atomic E-state index is 0.108. The van der Waals surface area contributed by atoms with Gasteiger partial charge >= 0.3 is 0 Å². The minimum atomic E-state index is -0.795. The maximum Gasteiger partial charge on any atom is 0.246 e. The third-order valence-corrected chi connectivity index (χ3v) is 2.10. The number of aromatic nitrogens is 2. The van der Waals surface area contributed by atoms with Crippen molar-refractivity contribution in [2.45, 2.75) is 19.4 Å². The van der Waals surface area contributed by atoms with E-state index >= 15 is 0 Å². The molecule has 0 amide bonds. The van der Waals surface area contributed by atoms with Crippen LogP contribution in [0.4, 0.5) is 8.78 Å². The van der Waals surface area contributed by atoms with Crippen LogP contribution < -0.4 is 5.73 Å². The molecule has 0 unspecified atom stereocenters. The summed E-state index contributed by atoms with van der Waals surface area (Å²) >= 11 is 0. The fourth-order valence-electron chi connectivity index (χ4n) is 1.29. The second-order valence-corrected chi connectivity index (χ2v) is 4.30. The van der Waals surface area contributed by atoms with E-state index in [2.05, 4.69) is 10.1 Å². The molecule has 0 atom stereocenters. The van der Waals surface area contributed by atoms with Gasteiger partial charge in [0.25, 0.3) is 0 Å². The van der Waals surface area contributed by atoms with E-state index in [1.54, 1.807) is 13.8 Å². The molecule has 0 aliphatic rings. The zero-order valence-corrected chi connectivity index (χ0v) is 9.37. The third-order valence-electron chi connectivity index (χ3n) is 2.10. The highest BCUT2D eigenvalue weighted by atomic mass is 19.1. The van der Waals surface area contributed by atoms with Crippen LogP contribution in [0.2, 0.25) is 0 Å². The summed E-state index contributed by atoms with van der Waals surface area (Å²) in [5.41, 5.74) is 5.18. The fourth-order valence-corrected chi connectivity index (χ4v) is 1.29. The zero-order valence-electron chi connectivity index (χ0n) is 9.37. The van der Waals surface area contributed by atoms with Crippen LogP contribution in [0.1, 0.15) is 19.7 Å². The Kier molecular flexibility index (Phi) is 2.66. The summed E-state index contributed by atoms with van der Waals surface area (Å²) in [6.07, 6.45) is 0. The van der Waals surface area contributed by atoms with Gasteiger partial charge in [0, 0.05) is 11.6 Å². The molecule has 90 valence electrons. The van der Waals surface area contributed by atoms with E-state index in [0.29, 0.717) is 0 Å². The van der Waals surface area contributed by atoms with Gasteiger partial charge in [0.1, 0.15) is 11.6 Å². The lowest BCUT2D eigenvalue weighted by atomic mass is 10.1. The standard InChI is InChI=1S/C11H11F2N3O/c1-11(2,14)10-15-9(16-17-10)6-3-7(12)5-8(13)4-6/h3-5H,14H2,1-2H3. The number of nitrogens with zero attached hydrogens (tertiary/aromatic N) is 2. The largest absolute Gasteiger partial charge is 0.337 e.